The molecule has 1 aromatic heterocycles. The second-order valence-corrected chi connectivity index (χ2v) is 8.04. The van der Waals surface area contributed by atoms with E-state index in [4.69, 9.17) is 0 Å². The summed E-state index contributed by atoms with van der Waals surface area (Å²) >= 11 is 0. The predicted molar refractivity (Wildman–Crippen MR) is 123 cm³/mol. The van der Waals surface area contributed by atoms with Gasteiger partial charge in [-0.3, -0.25) is 24.8 Å². The van der Waals surface area contributed by atoms with Crippen molar-refractivity contribution >= 4 is 33.7 Å². The number of nitrogens with zero attached hydrogens (tertiary/aromatic N) is 4. The topological polar surface area (TPSA) is 101 Å². The van der Waals surface area contributed by atoms with Crippen LogP contribution >= 0.6 is 0 Å². The van der Waals surface area contributed by atoms with Gasteiger partial charge in [0.1, 0.15) is 5.75 Å². The summed E-state index contributed by atoms with van der Waals surface area (Å²) in [4.78, 5) is 31.8. The second kappa shape index (κ2) is 9.74. The molecular formula is C23H22F3N5O4. The summed E-state index contributed by atoms with van der Waals surface area (Å²) in [5.41, 5.74) is 1.23. The zero-order valence-electron chi connectivity index (χ0n) is 18.7. The maximum atomic E-state index is 12.7. The van der Waals surface area contributed by atoms with E-state index < -0.39 is 17.3 Å². The Bertz CT molecular complexity index is 1230. The maximum Gasteiger partial charge on any atom is 0.573 e. The van der Waals surface area contributed by atoms with E-state index in [1.165, 1.54) is 24.4 Å². The number of piperazine rings is 1. The van der Waals surface area contributed by atoms with Gasteiger partial charge in [0, 0.05) is 61.4 Å². The fourth-order valence-corrected chi connectivity index (χ4v) is 4.10. The zero-order chi connectivity index (χ0) is 25.2. The Labute approximate surface area is 198 Å². The minimum Gasteiger partial charge on any atom is -0.406 e. The molecule has 1 N–H and O–H groups in total. The zero-order valence-corrected chi connectivity index (χ0v) is 18.7. The minimum atomic E-state index is -4.78. The number of nitrogens with one attached hydrogen (secondary N) is 1. The molecule has 9 nitrogen and oxygen atoms in total. The minimum absolute atomic E-state index is 0.00113. The van der Waals surface area contributed by atoms with E-state index >= 15 is 0 Å². The number of halogens is 3. The van der Waals surface area contributed by atoms with Crippen LogP contribution in [0.15, 0.2) is 54.9 Å². The monoisotopic (exact) mass is 489 g/mol. The molecule has 0 radical (unpaired) electrons. The van der Waals surface area contributed by atoms with Gasteiger partial charge in [0.25, 0.3) is 5.69 Å². The number of carbonyl (C=O) groups excluding carboxylic acids is 1. The van der Waals surface area contributed by atoms with Crippen LogP contribution in [0.2, 0.25) is 0 Å². The fraction of sp³-hybridized carbons (Fsp3) is 0.304. The molecule has 1 atom stereocenters. The molecule has 1 amide bonds. The molecule has 2 heterocycles. The Balaban J connectivity index is 1.38. The van der Waals surface area contributed by atoms with E-state index in [2.05, 4.69) is 19.9 Å². The lowest BCUT2D eigenvalue weighted by molar-refractivity contribution is -0.383. The third-order valence-corrected chi connectivity index (χ3v) is 5.91. The fourth-order valence-electron chi connectivity index (χ4n) is 4.10. The van der Waals surface area contributed by atoms with Gasteiger partial charge in [0.2, 0.25) is 5.91 Å². The van der Waals surface area contributed by atoms with Crippen LogP contribution in [-0.2, 0) is 4.79 Å². The summed E-state index contributed by atoms with van der Waals surface area (Å²) in [5.74, 6) is -0.649. The number of anilines is 2. The highest BCUT2D eigenvalue weighted by Crippen LogP contribution is 2.33. The van der Waals surface area contributed by atoms with Gasteiger partial charge < -0.3 is 15.0 Å². The first-order valence-corrected chi connectivity index (χ1v) is 10.8. The van der Waals surface area contributed by atoms with Crippen LogP contribution in [0.1, 0.15) is 6.92 Å². The van der Waals surface area contributed by atoms with Crippen molar-refractivity contribution in [2.45, 2.75) is 19.3 Å². The van der Waals surface area contributed by atoms with Gasteiger partial charge in [0.15, 0.2) is 0 Å². The molecule has 0 bridgehead atoms. The van der Waals surface area contributed by atoms with Crippen molar-refractivity contribution in [2.75, 3.05) is 36.4 Å². The average molecular weight is 489 g/mol. The number of nitro benzene ring substituents is 1. The molecule has 0 aliphatic carbocycles. The lowest BCUT2D eigenvalue weighted by Crippen LogP contribution is -2.52. The molecule has 0 spiro atoms. The van der Waals surface area contributed by atoms with E-state index in [1.807, 2.05) is 4.90 Å². The molecule has 1 fully saturated rings. The van der Waals surface area contributed by atoms with E-state index in [9.17, 15) is 28.1 Å². The molecule has 1 unspecified atom stereocenters. The number of alkyl halides is 3. The number of fused-ring (bicyclic) bond motifs is 1. The van der Waals surface area contributed by atoms with Crippen molar-refractivity contribution in [3.63, 3.8) is 0 Å². The number of benzene rings is 2. The average Bonchev–Trinajstić information content (AvgIpc) is 2.83. The highest BCUT2D eigenvalue weighted by Gasteiger charge is 2.31. The van der Waals surface area contributed by atoms with Gasteiger partial charge in [-0.15, -0.1) is 13.2 Å². The molecule has 12 heteroatoms. The molecule has 35 heavy (non-hydrogen) atoms. The molecule has 1 aliphatic rings. The summed E-state index contributed by atoms with van der Waals surface area (Å²) in [6.07, 6.45) is -1.69. The first-order chi connectivity index (χ1) is 16.6. The summed E-state index contributed by atoms with van der Waals surface area (Å²) in [7, 11) is 0. The van der Waals surface area contributed by atoms with Gasteiger partial charge in [-0.1, -0.05) is 0 Å². The molecule has 3 aromatic rings. The van der Waals surface area contributed by atoms with Crippen LogP contribution in [0.25, 0.3) is 10.8 Å². The predicted octanol–water partition coefficient (Wildman–Crippen LogP) is 4.19. The van der Waals surface area contributed by atoms with Gasteiger partial charge in [-0.2, -0.15) is 0 Å². The summed E-state index contributed by atoms with van der Waals surface area (Å²) in [6.45, 7) is 4.14. The van der Waals surface area contributed by atoms with E-state index in [0.717, 1.165) is 23.2 Å². The third kappa shape index (κ3) is 5.60. The van der Waals surface area contributed by atoms with Gasteiger partial charge in [-0.05, 0) is 43.3 Å². The van der Waals surface area contributed by atoms with Crippen molar-refractivity contribution in [2.24, 2.45) is 0 Å². The van der Waals surface area contributed by atoms with Crippen molar-refractivity contribution in [3.8, 4) is 5.75 Å². The number of carbonyl (C=O) groups is 1. The number of rotatable bonds is 6. The quantitative estimate of drug-likeness (QED) is 0.409. The number of amides is 1. The smallest absolute Gasteiger partial charge is 0.406 e. The Morgan fingerprint density at radius 1 is 1.09 bits per heavy atom. The number of ether oxygens (including phenoxy) is 1. The lowest BCUT2D eigenvalue weighted by Gasteiger charge is -2.38. The maximum absolute atomic E-state index is 12.7. The van der Waals surface area contributed by atoms with Crippen LogP contribution in [0.5, 0.6) is 5.75 Å². The summed E-state index contributed by atoms with van der Waals surface area (Å²) in [6, 6.07) is 9.46. The first-order valence-electron chi connectivity index (χ1n) is 10.8. The Hall–Kier alpha value is -3.93. The largest absolute Gasteiger partial charge is 0.573 e. The Morgan fingerprint density at radius 2 is 1.77 bits per heavy atom. The van der Waals surface area contributed by atoms with Crippen LogP contribution in [-0.4, -0.2) is 59.3 Å². The third-order valence-electron chi connectivity index (χ3n) is 5.91. The summed E-state index contributed by atoms with van der Waals surface area (Å²) in [5, 5.41) is 15.3. The highest BCUT2D eigenvalue weighted by molar-refractivity contribution is 5.99. The standard InChI is InChI=1S/C23H22F3N5O4/c1-15(22(32)28-16-2-4-17(5-3-16)35-23(24,25)26)29-10-12-30(13-11-29)20-6-7-21(31(33)34)19-14-27-9-8-18(19)20/h2-9,14-15H,10-13H2,1H3,(H,28,32). The van der Waals surface area contributed by atoms with Gasteiger partial charge in [0.05, 0.1) is 16.4 Å². The molecule has 4 rings (SSSR count). The Kier molecular flexibility index (Phi) is 6.74. The van der Waals surface area contributed by atoms with Crippen LogP contribution in [0.4, 0.5) is 30.2 Å². The van der Waals surface area contributed by atoms with Crippen molar-refractivity contribution in [1.29, 1.82) is 0 Å². The van der Waals surface area contributed by atoms with Gasteiger partial charge >= 0.3 is 6.36 Å². The van der Waals surface area contributed by atoms with E-state index in [0.29, 0.717) is 37.3 Å². The lowest BCUT2D eigenvalue weighted by atomic mass is 10.1. The van der Waals surface area contributed by atoms with Crippen molar-refractivity contribution in [3.05, 3.63) is 65.0 Å². The van der Waals surface area contributed by atoms with Gasteiger partial charge in [-0.25, -0.2) is 0 Å². The normalized spacial score (nSPS) is 15.6. The van der Waals surface area contributed by atoms with E-state index in [-0.39, 0.29) is 17.3 Å². The molecule has 1 aliphatic heterocycles. The van der Waals surface area contributed by atoms with Crippen molar-refractivity contribution in [1.82, 2.24) is 9.88 Å². The van der Waals surface area contributed by atoms with Crippen LogP contribution in [0.3, 0.4) is 0 Å². The van der Waals surface area contributed by atoms with Crippen LogP contribution < -0.4 is 15.0 Å². The second-order valence-electron chi connectivity index (χ2n) is 8.04. The molecule has 1 saturated heterocycles. The number of non-ortho nitro benzene ring substituents is 1. The van der Waals surface area contributed by atoms with E-state index in [1.54, 1.807) is 25.3 Å². The summed E-state index contributed by atoms with van der Waals surface area (Å²) < 4.78 is 40.7. The van der Waals surface area contributed by atoms with Crippen LogP contribution in [0, 0.1) is 10.1 Å². The van der Waals surface area contributed by atoms with Crippen molar-refractivity contribution < 1.29 is 27.6 Å². The SMILES string of the molecule is CC(C(=O)Nc1ccc(OC(F)(F)F)cc1)N1CCN(c2ccc([N+](=O)[O-])c3cnccc23)CC1. The number of nitro groups is 1. The first kappa shape index (κ1) is 24.2. The molecular weight excluding hydrogens is 467 g/mol. The molecule has 2 aromatic carbocycles. The number of hydrogen-bond donors (Lipinski definition) is 1. The number of aromatic nitrogens is 1. The number of hydrogen-bond acceptors (Lipinski definition) is 7. The number of pyridine rings is 1. The Morgan fingerprint density at radius 3 is 2.40 bits per heavy atom. The highest BCUT2D eigenvalue weighted by atomic mass is 19.4. The molecule has 0 saturated carbocycles. The molecule has 184 valence electrons.